The van der Waals surface area contributed by atoms with Crippen LogP contribution in [0, 0.1) is 5.92 Å². The average molecular weight is 285 g/mol. The molecule has 0 aliphatic heterocycles. The lowest BCUT2D eigenvalue weighted by molar-refractivity contribution is -0.124. The SMILES string of the molecule is CC(C)CC(c1cccs1)N(O)C(=O)OC(C)(C)C. The summed E-state index contributed by atoms with van der Waals surface area (Å²) in [5, 5.41) is 12.8. The monoisotopic (exact) mass is 285 g/mol. The second-order valence-corrected chi connectivity index (χ2v) is 6.96. The third-order valence-electron chi connectivity index (χ3n) is 2.44. The summed E-state index contributed by atoms with van der Waals surface area (Å²) in [6.45, 7) is 9.46. The lowest BCUT2D eigenvalue weighted by Gasteiger charge is -2.29. The van der Waals surface area contributed by atoms with Crippen LogP contribution >= 0.6 is 11.3 Å². The summed E-state index contributed by atoms with van der Waals surface area (Å²) >= 11 is 1.53. The maximum atomic E-state index is 11.9. The second-order valence-electron chi connectivity index (χ2n) is 5.99. The van der Waals surface area contributed by atoms with E-state index in [0.717, 1.165) is 9.94 Å². The fourth-order valence-electron chi connectivity index (χ4n) is 1.70. The van der Waals surface area contributed by atoms with Crippen LogP contribution in [0.2, 0.25) is 0 Å². The van der Waals surface area contributed by atoms with E-state index in [4.69, 9.17) is 4.74 Å². The molecule has 1 amide bonds. The number of hydrogen-bond donors (Lipinski definition) is 1. The molecule has 5 heteroatoms. The molecule has 0 bridgehead atoms. The van der Waals surface area contributed by atoms with Crippen LogP contribution in [0.25, 0.3) is 0 Å². The number of carbonyl (C=O) groups is 1. The first-order chi connectivity index (χ1) is 8.70. The van der Waals surface area contributed by atoms with E-state index in [1.165, 1.54) is 11.3 Å². The minimum Gasteiger partial charge on any atom is -0.442 e. The summed E-state index contributed by atoms with van der Waals surface area (Å²) in [5.74, 6) is 0.365. The molecule has 0 spiro atoms. The summed E-state index contributed by atoms with van der Waals surface area (Å²) in [5.41, 5.74) is -0.615. The van der Waals surface area contributed by atoms with E-state index >= 15 is 0 Å². The first-order valence-corrected chi connectivity index (χ1v) is 7.33. The van der Waals surface area contributed by atoms with E-state index in [1.54, 1.807) is 20.8 Å². The van der Waals surface area contributed by atoms with Crippen LogP contribution < -0.4 is 0 Å². The molecule has 19 heavy (non-hydrogen) atoms. The highest BCUT2D eigenvalue weighted by atomic mass is 32.1. The molecule has 0 aliphatic rings. The maximum Gasteiger partial charge on any atom is 0.434 e. The minimum atomic E-state index is -0.702. The van der Waals surface area contributed by atoms with Gasteiger partial charge in [0.15, 0.2) is 0 Å². The topological polar surface area (TPSA) is 49.8 Å². The highest BCUT2D eigenvalue weighted by Crippen LogP contribution is 2.30. The molecule has 0 aliphatic carbocycles. The zero-order valence-corrected chi connectivity index (χ0v) is 13.0. The Labute approximate surface area is 119 Å². The molecule has 1 N–H and O–H groups in total. The van der Waals surface area contributed by atoms with Crippen molar-refractivity contribution < 1.29 is 14.7 Å². The van der Waals surface area contributed by atoms with Crippen LogP contribution in [-0.4, -0.2) is 22.0 Å². The Morgan fingerprint density at radius 1 is 1.47 bits per heavy atom. The van der Waals surface area contributed by atoms with Gasteiger partial charge in [0, 0.05) is 4.88 Å². The van der Waals surface area contributed by atoms with Crippen molar-refractivity contribution in [3.05, 3.63) is 22.4 Å². The summed E-state index contributed by atoms with van der Waals surface area (Å²) in [6, 6.07) is 3.48. The molecule has 0 aromatic carbocycles. The van der Waals surface area contributed by atoms with Crippen molar-refractivity contribution >= 4 is 17.4 Å². The minimum absolute atomic E-state index is 0.352. The average Bonchev–Trinajstić information content (AvgIpc) is 2.75. The summed E-state index contributed by atoms with van der Waals surface area (Å²) in [6.07, 6.45) is -0.0115. The Morgan fingerprint density at radius 3 is 2.53 bits per heavy atom. The number of rotatable bonds is 4. The molecular formula is C14H23NO3S. The molecule has 4 nitrogen and oxygen atoms in total. The summed E-state index contributed by atoms with van der Waals surface area (Å²) < 4.78 is 5.20. The van der Waals surface area contributed by atoms with Gasteiger partial charge in [-0.3, -0.25) is 5.21 Å². The van der Waals surface area contributed by atoms with Crippen molar-refractivity contribution in [2.45, 2.75) is 52.7 Å². The van der Waals surface area contributed by atoms with Gasteiger partial charge in [0.25, 0.3) is 0 Å². The van der Waals surface area contributed by atoms with Crippen molar-refractivity contribution in [1.82, 2.24) is 5.06 Å². The number of hydroxylamine groups is 2. The van der Waals surface area contributed by atoms with E-state index < -0.39 is 11.7 Å². The Morgan fingerprint density at radius 2 is 2.11 bits per heavy atom. The lowest BCUT2D eigenvalue weighted by atomic mass is 10.0. The molecule has 0 saturated carbocycles. The van der Waals surface area contributed by atoms with Gasteiger partial charge in [-0.1, -0.05) is 19.9 Å². The molecule has 1 aromatic rings. The van der Waals surface area contributed by atoms with Crippen molar-refractivity contribution in [2.24, 2.45) is 5.92 Å². The van der Waals surface area contributed by atoms with Crippen LogP contribution in [0.15, 0.2) is 17.5 Å². The molecule has 0 radical (unpaired) electrons. The van der Waals surface area contributed by atoms with Gasteiger partial charge in [-0.25, -0.2) is 4.79 Å². The van der Waals surface area contributed by atoms with E-state index in [-0.39, 0.29) is 6.04 Å². The van der Waals surface area contributed by atoms with Crippen molar-refractivity contribution in [3.8, 4) is 0 Å². The fraction of sp³-hybridized carbons (Fsp3) is 0.643. The Kier molecular flexibility index (Phi) is 5.38. The fourth-order valence-corrected chi connectivity index (χ4v) is 2.52. The van der Waals surface area contributed by atoms with E-state index in [0.29, 0.717) is 12.3 Å². The Balaban J connectivity index is 2.83. The van der Waals surface area contributed by atoms with Crippen molar-refractivity contribution in [3.63, 3.8) is 0 Å². The first-order valence-electron chi connectivity index (χ1n) is 6.45. The smallest absolute Gasteiger partial charge is 0.434 e. The summed E-state index contributed by atoms with van der Waals surface area (Å²) in [7, 11) is 0. The van der Waals surface area contributed by atoms with Crippen LogP contribution in [0.5, 0.6) is 0 Å². The molecular weight excluding hydrogens is 262 g/mol. The van der Waals surface area contributed by atoms with Gasteiger partial charge in [-0.15, -0.1) is 11.3 Å². The van der Waals surface area contributed by atoms with Gasteiger partial charge in [0.2, 0.25) is 0 Å². The van der Waals surface area contributed by atoms with Crippen LogP contribution in [-0.2, 0) is 4.74 Å². The molecule has 1 unspecified atom stereocenters. The van der Waals surface area contributed by atoms with Crippen molar-refractivity contribution in [2.75, 3.05) is 0 Å². The number of nitrogens with zero attached hydrogens (tertiary/aromatic N) is 1. The molecule has 1 heterocycles. The lowest BCUT2D eigenvalue weighted by Crippen LogP contribution is -2.37. The predicted octanol–water partition coefficient (Wildman–Crippen LogP) is 4.46. The highest BCUT2D eigenvalue weighted by Gasteiger charge is 2.29. The van der Waals surface area contributed by atoms with Gasteiger partial charge in [-0.05, 0) is 44.6 Å². The zero-order valence-electron chi connectivity index (χ0n) is 12.2. The van der Waals surface area contributed by atoms with E-state index in [1.807, 2.05) is 17.5 Å². The van der Waals surface area contributed by atoms with Crippen LogP contribution in [0.4, 0.5) is 4.79 Å². The third kappa shape index (κ3) is 5.20. The van der Waals surface area contributed by atoms with Gasteiger partial charge in [0.05, 0.1) is 6.04 Å². The van der Waals surface area contributed by atoms with Gasteiger partial charge in [-0.2, -0.15) is 5.06 Å². The van der Waals surface area contributed by atoms with Gasteiger partial charge in [0.1, 0.15) is 5.60 Å². The predicted molar refractivity (Wildman–Crippen MR) is 76.4 cm³/mol. The number of ether oxygens (including phenoxy) is 1. The summed E-state index contributed by atoms with van der Waals surface area (Å²) in [4.78, 5) is 12.9. The van der Waals surface area contributed by atoms with Gasteiger partial charge >= 0.3 is 6.09 Å². The maximum absolute atomic E-state index is 11.9. The zero-order chi connectivity index (χ0) is 14.6. The van der Waals surface area contributed by atoms with Crippen LogP contribution in [0.3, 0.4) is 0 Å². The van der Waals surface area contributed by atoms with E-state index in [2.05, 4.69) is 13.8 Å². The van der Waals surface area contributed by atoms with Gasteiger partial charge < -0.3 is 4.74 Å². The van der Waals surface area contributed by atoms with E-state index in [9.17, 15) is 10.0 Å². The van der Waals surface area contributed by atoms with Crippen LogP contribution in [0.1, 0.15) is 52.0 Å². The first kappa shape index (κ1) is 16.0. The standard InChI is InChI=1S/C14H23NO3S/c1-10(2)9-11(12-7-6-8-19-12)15(17)13(16)18-14(3,4)5/h6-8,10-11,17H,9H2,1-5H3. The largest absolute Gasteiger partial charge is 0.442 e. The highest BCUT2D eigenvalue weighted by molar-refractivity contribution is 7.10. The third-order valence-corrected chi connectivity index (χ3v) is 3.42. The molecule has 108 valence electrons. The molecule has 1 rings (SSSR count). The number of amides is 1. The Bertz CT molecular complexity index is 395. The number of carbonyl (C=O) groups excluding carboxylic acids is 1. The molecule has 0 saturated heterocycles. The quantitative estimate of drug-likeness (QED) is 0.656. The van der Waals surface area contributed by atoms with Crippen molar-refractivity contribution in [1.29, 1.82) is 0 Å². The molecule has 0 fully saturated rings. The Hall–Kier alpha value is -1.07. The molecule has 1 aromatic heterocycles. The molecule has 1 atom stereocenters. The number of thiophene rings is 1. The normalized spacial score (nSPS) is 13.4. The number of hydrogen-bond acceptors (Lipinski definition) is 4. The second kappa shape index (κ2) is 6.39.